The van der Waals surface area contributed by atoms with Crippen LogP contribution in [0.15, 0.2) is 49.1 Å². The van der Waals surface area contributed by atoms with E-state index >= 15 is 0 Å². The Morgan fingerprint density at radius 2 is 2.21 bits per heavy atom. The van der Waals surface area contributed by atoms with Gasteiger partial charge in [0, 0.05) is 36.9 Å². The van der Waals surface area contributed by atoms with Gasteiger partial charge < -0.3 is 14.1 Å². The smallest absolute Gasteiger partial charge is 0.141 e. The third kappa shape index (κ3) is 2.27. The van der Waals surface area contributed by atoms with Gasteiger partial charge in [0.05, 0.1) is 29.2 Å². The molecule has 6 heteroatoms. The summed E-state index contributed by atoms with van der Waals surface area (Å²) in [6.07, 6.45) is 7.58. The fourth-order valence-corrected chi connectivity index (χ4v) is 3.04. The van der Waals surface area contributed by atoms with Crippen molar-refractivity contribution in [3.63, 3.8) is 0 Å². The summed E-state index contributed by atoms with van der Waals surface area (Å²) in [7, 11) is 0. The number of nitrogens with zero attached hydrogens (tertiary/aromatic N) is 5. The minimum Gasteiger partial charge on any atom is -0.367 e. The zero-order valence-corrected chi connectivity index (χ0v) is 13.3. The highest BCUT2D eigenvalue weighted by molar-refractivity contribution is 5.77. The molecule has 0 saturated carbocycles. The zero-order chi connectivity index (χ0) is 16.5. The Bertz CT molecular complexity index is 1030. The molecular weight excluding hydrogens is 300 g/mol. The molecule has 4 aromatic rings. The molecule has 0 spiro atoms. The predicted octanol–water partition coefficient (Wildman–Crippen LogP) is 3.17. The number of imidazole rings is 2. The van der Waals surface area contributed by atoms with E-state index in [-0.39, 0.29) is 0 Å². The summed E-state index contributed by atoms with van der Waals surface area (Å²) in [6, 6.07) is 9.81. The number of hydrogen-bond acceptors (Lipinski definition) is 3. The number of hydrogen-bond donors (Lipinski definition) is 1. The van der Waals surface area contributed by atoms with Gasteiger partial charge in [-0.1, -0.05) is 0 Å². The fourth-order valence-electron chi connectivity index (χ4n) is 3.04. The Labute approximate surface area is 139 Å². The SMILES string of the molecule is CCn1c(Cn2ccnc2-c2cc[nH]c2)nc2cc(C#N)ccc21. The molecule has 0 unspecified atom stereocenters. The highest BCUT2D eigenvalue weighted by Crippen LogP contribution is 2.21. The number of aromatic nitrogens is 5. The van der Waals surface area contributed by atoms with Gasteiger partial charge >= 0.3 is 0 Å². The van der Waals surface area contributed by atoms with Crippen molar-refractivity contribution in [1.82, 2.24) is 24.1 Å². The van der Waals surface area contributed by atoms with Gasteiger partial charge in [0.15, 0.2) is 0 Å². The van der Waals surface area contributed by atoms with E-state index in [2.05, 4.69) is 32.1 Å². The second-order valence-corrected chi connectivity index (χ2v) is 5.57. The maximum atomic E-state index is 9.08. The molecule has 3 heterocycles. The average molecular weight is 316 g/mol. The van der Waals surface area contributed by atoms with E-state index in [0.717, 1.165) is 34.8 Å². The molecule has 0 bridgehead atoms. The second-order valence-electron chi connectivity index (χ2n) is 5.57. The average Bonchev–Trinajstić information content (AvgIpc) is 3.33. The Kier molecular flexibility index (Phi) is 3.39. The number of rotatable bonds is 4. The Hall–Kier alpha value is -3.33. The summed E-state index contributed by atoms with van der Waals surface area (Å²) in [5, 5.41) is 9.08. The molecule has 6 nitrogen and oxygen atoms in total. The molecule has 0 radical (unpaired) electrons. The molecule has 4 rings (SSSR count). The molecule has 24 heavy (non-hydrogen) atoms. The quantitative estimate of drug-likeness (QED) is 0.628. The Morgan fingerprint density at radius 1 is 1.29 bits per heavy atom. The summed E-state index contributed by atoms with van der Waals surface area (Å²) in [6.45, 7) is 3.56. The molecular formula is C18H16N6. The first-order chi connectivity index (χ1) is 11.8. The Balaban J connectivity index is 1.78. The molecule has 0 amide bonds. The molecule has 0 aliphatic heterocycles. The number of aromatic amines is 1. The van der Waals surface area contributed by atoms with E-state index in [4.69, 9.17) is 10.2 Å². The van der Waals surface area contributed by atoms with Crippen LogP contribution in [0.3, 0.4) is 0 Å². The van der Waals surface area contributed by atoms with Crippen molar-refractivity contribution >= 4 is 11.0 Å². The largest absolute Gasteiger partial charge is 0.367 e. The van der Waals surface area contributed by atoms with Crippen LogP contribution in [0.2, 0.25) is 0 Å². The molecule has 1 N–H and O–H groups in total. The highest BCUT2D eigenvalue weighted by Gasteiger charge is 2.13. The van der Waals surface area contributed by atoms with Crippen molar-refractivity contribution in [2.75, 3.05) is 0 Å². The molecule has 0 fully saturated rings. The van der Waals surface area contributed by atoms with Crippen LogP contribution >= 0.6 is 0 Å². The first-order valence-electron chi connectivity index (χ1n) is 7.83. The summed E-state index contributed by atoms with van der Waals surface area (Å²) < 4.78 is 4.26. The second kappa shape index (κ2) is 5.70. The van der Waals surface area contributed by atoms with E-state index in [0.29, 0.717) is 12.1 Å². The van der Waals surface area contributed by atoms with Crippen molar-refractivity contribution in [3.8, 4) is 17.5 Å². The van der Waals surface area contributed by atoms with Gasteiger partial charge in [-0.3, -0.25) is 0 Å². The minimum absolute atomic E-state index is 0.630. The van der Waals surface area contributed by atoms with Crippen LogP contribution < -0.4 is 0 Å². The van der Waals surface area contributed by atoms with E-state index < -0.39 is 0 Å². The zero-order valence-electron chi connectivity index (χ0n) is 13.3. The molecule has 118 valence electrons. The maximum Gasteiger partial charge on any atom is 0.141 e. The first-order valence-corrected chi connectivity index (χ1v) is 7.83. The number of nitriles is 1. The third-order valence-electron chi connectivity index (χ3n) is 4.16. The lowest BCUT2D eigenvalue weighted by Crippen LogP contribution is -2.08. The van der Waals surface area contributed by atoms with Crippen molar-refractivity contribution in [2.45, 2.75) is 20.0 Å². The standard InChI is InChI=1S/C18H16N6/c1-2-24-16-4-3-13(10-19)9-15(16)22-17(24)12-23-8-7-21-18(23)14-5-6-20-11-14/h3-9,11,20H,2,12H2,1H3. The van der Waals surface area contributed by atoms with E-state index in [1.807, 2.05) is 42.9 Å². The van der Waals surface area contributed by atoms with Crippen molar-refractivity contribution in [3.05, 3.63) is 60.4 Å². The van der Waals surface area contributed by atoms with Crippen LogP contribution in [0.4, 0.5) is 0 Å². The van der Waals surface area contributed by atoms with E-state index in [1.165, 1.54) is 0 Å². The van der Waals surface area contributed by atoms with Crippen LogP contribution in [0.25, 0.3) is 22.4 Å². The molecule has 0 saturated heterocycles. The minimum atomic E-state index is 0.630. The van der Waals surface area contributed by atoms with Gasteiger partial charge in [0.1, 0.15) is 11.6 Å². The molecule has 1 aromatic carbocycles. The number of benzene rings is 1. The normalized spacial score (nSPS) is 11.0. The maximum absolute atomic E-state index is 9.08. The van der Waals surface area contributed by atoms with Gasteiger partial charge in [-0.05, 0) is 31.2 Å². The molecule has 0 aliphatic carbocycles. The van der Waals surface area contributed by atoms with Gasteiger partial charge in [0.2, 0.25) is 0 Å². The van der Waals surface area contributed by atoms with Gasteiger partial charge in [-0.15, -0.1) is 0 Å². The van der Waals surface area contributed by atoms with Crippen molar-refractivity contribution in [2.24, 2.45) is 0 Å². The monoisotopic (exact) mass is 316 g/mol. The van der Waals surface area contributed by atoms with E-state index in [1.54, 1.807) is 6.20 Å². The van der Waals surface area contributed by atoms with Crippen LogP contribution in [0.1, 0.15) is 18.3 Å². The highest BCUT2D eigenvalue weighted by atomic mass is 15.1. The van der Waals surface area contributed by atoms with Gasteiger partial charge in [-0.2, -0.15) is 5.26 Å². The third-order valence-corrected chi connectivity index (χ3v) is 4.16. The van der Waals surface area contributed by atoms with E-state index in [9.17, 15) is 0 Å². The lowest BCUT2D eigenvalue weighted by atomic mass is 10.2. The number of aryl methyl sites for hydroxylation is 1. The van der Waals surface area contributed by atoms with Crippen LogP contribution in [0, 0.1) is 11.3 Å². The first kappa shape index (κ1) is 14.3. The van der Waals surface area contributed by atoms with Crippen LogP contribution in [-0.4, -0.2) is 24.1 Å². The molecule has 0 aliphatic rings. The van der Waals surface area contributed by atoms with Crippen molar-refractivity contribution in [1.29, 1.82) is 5.26 Å². The topological polar surface area (TPSA) is 75.2 Å². The van der Waals surface area contributed by atoms with Gasteiger partial charge in [-0.25, -0.2) is 9.97 Å². The summed E-state index contributed by atoms with van der Waals surface area (Å²) >= 11 is 0. The van der Waals surface area contributed by atoms with Crippen LogP contribution in [0.5, 0.6) is 0 Å². The number of fused-ring (bicyclic) bond motifs is 1. The summed E-state index contributed by atoms with van der Waals surface area (Å²) in [4.78, 5) is 12.3. The van der Waals surface area contributed by atoms with Crippen LogP contribution in [-0.2, 0) is 13.1 Å². The number of nitrogens with one attached hydrogen (secondary N) is 1. The van der Waals surface area contributed by atoms with Crippen molar-refractivity contribution < 1.29 is 0 Å². The molecule has 0 atom stereocenters. The predicted molar refractivity (Wildman–Crippen MR) is 91.2 cm³/mol. The molecule has 3 aromatic heterocycles. The lowest BCUT2D eigenvalue weighted by Gasteiger charge is -2.09. The lowest BCUT2D eigenvalue weighted by molar-refractivity contribution is 0.667. The summed E-state index contributed by atoms with van der Waals surface area (Å²) in [5.41, 5.74) is 3.58. The fraction of sp³-hybridized carbons (Fsp3) is 0.167. The Morgan fingerprint density at radius 3 is 2.96 bits per heavy atom. The summed E-state index contributed by atoms with van der Waals surface area (Å²) in [5.74, 6) is 1.86. The van der Waals surface area contributed by atoms with Gasteiger partial charge in [0.25, 0.3) is 0 Å². The number of H-pyrrole nitrogens is 1.